The highest BCUT2D eigenvalue weighted by molar-refractivity contribution is 7.21. The van der Waals surface area contributed by atoms with Crippen molar-refractivity contribution < 1.29 is 19.1 Å². The van der Waals surface area contributed by atoms with Crippen LogP contribution in [0.15, 0.2) is 108 Å². The number of thiophene rings is 1. The Morgan fingerprint density at radius 1 is 0.842 bits per heavy atom. The van der Waals surface area contributed by atoms with Gasteiger partial charge in [0.25, 0.3) is 5.91 Å². The van der Waals surface area contributed by atoms with Crippen LogP contribution >= 0.6 is 22.9 Å². The third-order valence-corrected chi connectivity index (χ3v) is 7.22. The lowest BCUT2D eigenvalue weighted by Gasteiger charge is -2.07. The standard InChI is InChI=1S/C30H21ClN2O4S/c31-28-24-11-5-7-13-26(24)38-29(28)30(35)37-25-12-6-4-10-22(25)18-32-33-27(34)19-36-23-16-14-21(15-17-23)20-8-2-1-3-9-20/h1-18H,19H2,(H,33,34)/b32-18-. The molecule has 1 heterocycles. The minimum absolute atomic E-state index is 0.205. The van der Waals surface area contributed by atoms with Gasteiger partial charge in [-0.15, -0.1) is 11.3 Å². The molecule has 0 aliphatic rings. The number of amides is 1. The number of carbonyl (C=O) groups is 2. The number of nitrogens with one attached hydrogen (secondary N) is 1. The number of nitrogens with zero attached hydrogens (tertiary/aromatic N) is 1. The van der Waals surface area contributed by atoms with Gasteiger partial charge in [-0.2, -0.15) is 5.10 Å². The van der Waals surface area contributed by atoms with Gasteiger partial charge in [0.1, 0.15) is 16.4 Å². The normalized spacial score (nSPS) is 11.0. The van der Waals surface area contributed by atoms with E-state index in [0.29, 0.717) is 27.0 Å². The van der Waals surface area contributed by atoms with E-state index in [1.165, 1.54) is 17.6 Å². The molecule has 0 saturated carbocycles. The van der Waals surface area contributed by atoms with Gasteiger partial charge in [0.05, 0.1) is 11.2 Å². The van der Waals surface area contributed by atoms with E-state index in [0.717, 1.165) is 21.2 Å². The van der Waals surface area contributed by atoms with Crippen LogP contribution in [0.3, 0.4) is 0 Å². The third-order valence-electron chi connectivity index (χ3n) is 5.57. The molecule has 0 aliphatic heterocycles. The molecule has 1 aromatic heterocycles. The molecule has 6 nitrogen and oxygen atoms in total. The summed E-state index contributed by atoms with van der Waals surface area (Å²) in [5.41, 5.74) is 5.09. The highest BCUT2D eigenvalue weighted by Crippen LogP contribution is 2.36. The van der Waals surface area contributed by atoms with E-state index in [-0.39, 0.29) is 6.61 Å². The molecule has 38 heavy (non-hydrogen) atoms. The van der Waals surface area contributed by atoms with Crippen LogP contribution in [0, 0.1) is 0 Å². The van der Waals surface area contributed by atoms with Crippen LogP contribution < -0.4 is 14.9 Å². The van der Waals surface area contributed by atoms with E-state index in [1.54, 1.807) is 24.3 Å². The molecule has 0 radical (unpaired) electrons. The summed E-state index contributed by atoms with van der Waals surface area (Å²) in [4.78, 5) is 25.4. The fourth-order valence-electron chi connectivity index (χ4n) is 3.70. The summed E-state index contributed by atoms with van der Waals surface area (Å²) in [7, 11) is 0. The number of hydrogen-bond donors (Lipinski definition) is 1. The van der Waals surface area contributed by atoms with Gasteiger partial charge < -0.3 is 9.47 Å². The van der Waals surface area contributed by atoms with E-state index >= 15 is 0 Å². The molecule has 8 heteroatoms. The average Bonchev–Trinajstić information content (AvgIpc) is 3.30. The van der Waals surface area contributed by atoms with Gasteiger partial charge in [-0.25, -0.2) is 10.2 Å². The van der Waals surface area contributed by atoms with Crippen LogP contribution in [0.5, 0.6) is 11.5 Å². The zero-order chi connectivity index (χ0) is 26.3. The van der Waals surface area contributed by atoms with Crippen molar-refractivity contribution in [1.29, 1.82) is 0 Å². The van der Waals surface area contributed by atoms with Gasteiger partial charge in [0, 0.05) is 15.6 Å². The molecule has 188 valence electrons. The van der Waals surface area contributed by atoms with Gasteiger partial charge in [0.15, 0.2) is 6.61 Å². The minimum atomic E-state index is -0.562. The average molecular weight is 541 g/mol. The third kappa shape index (κ3) is 5.91. The number of para-hydroxylation sites is 1. The topological polar surface area (TPSA) is 77.0 Å². The quantitative estimate of drug-likeness (QED) is 0.0997. The van der Waals surface area contributed by atoms with Crippen molar-refractivity contribution in [2.45, 2.75) is 0 Å². The van der Waals surface area contributed by atoms with Crippen molar-refractivity contribution in [3.63, 3.8) is 0 Å². The summed E-state index contributed by atoms with van der Waals surface area (Å²) in [6, 6.07) is 31.9. The first-order chi connectivity index (χ1) is 18.6. The van der Waals surface area contributed by atoms with Crippen molar-refractivity contribution in [1.82, 2.24) is 5.43 Å². The highest BCUT2D eigenvalue weighted by atomic mass is 35.5. The summed E-state index contributed by atoms with van der Waals surface area (Å²) >= 11 is 7.68. The van der Waals surface area contributed by atoms with E-state index in [9.17, 15) is 9.59 Å². The molecule has 4 aromatic carbocycles. The van der Waals surface area contributed by atoms with Gasteiger partial charge in [0.2, 0.25) is 0 Å². The molecule has 1 N–H and O–H groups in total. The zero-order valence-electron chi connectivity index (χ0n) is 20.0. The molecule has 0 unspecified atom stereocenters. The highest BCUT2D eigenvalue weighted by Gasteiger charge is 2.19. The number of benzene rings is 4. The molecular formula is C30H21ClN2O4S. The fourth-order valence-corrected chi connectivity index (χ4v) is 5.09. The van der Waals surface area contributed by atoms with Crippen molar-refractivity contribution >= 4 is 51.1 Å². The molecule has 5 aromatic rings. The van der Waals surface area contributed by atoms with Crippen molar-refractivity contribution in [2.24, 2.45) is 5.10 Å². The first kappa shape index (κ1) is 25.2. The Morgan fingerprint density at radius 2 is 1.53 bits per heavy atom. The van der Waals surface area contributed by atoms with Gasteiger partial charge in [-0.1, -0.05) is 84.4 Å². The fraction of sp³-hybridized carbons (Fsp3) is 0.0333. The number of halogens is 1. The maximum Gasteiger partial charge on any atom is 0.355 e. The Morgan fingerprint density at radius 3 is 2.32 bits per heavy atom. The predicted molar refractivity (Wildman–Crippen MR) is 151 cm³/mol. The molecule has 1 amide bonds. The molecule has 0 fully saturated rings. The Balaban J connectivity index is 1.17. The number of ether oxygens (including phenoxy) is 2. The van der Waals surface area contributed by atoms with Crippen molar-refractivity contribution in [3.8, 4) is 22.6 Å². The van der Waals surface area contributed by atoms with Gasteiger partial charge in [-0.05, 0) is 41.5 Å². The maximum absolute atomic E-state index is 12.8. The molecule has 5 rings (SSSR count). The smallest absolute Gasteiger partial charge is 0.355 e. The zero-order valence-corrected chi connectivity index (χ0v) is 21.5. The monoisotopic (exact) mass is 540 g/mol. The molecule has 0 aliphatic carbocycles. The van der Waals surface area contributed by atoms with Gasteiger partial charge in [-0.3, -0.25) is 4.79 Å². The summed E-state index contributed by atoms with van der Waals surface area (Å²) in [5, 5.41) is 5.15. The van der Waals surface area contributed by atoms with Crippen molar-refractivity contribution in [3.05, 3.63) is 119 Å². The second-order valence-corrected chi connectivity index (χ2v) is 9.57. The first-order valence-electron chi connectivity index (χ1n) is 11.7. The number of fused-ring (bicyclic) bond motifs is 1. The number of hydrogen-bond acceptors (Lipinski definition) is 6. The Labute approximate surface area is 228 Å². The number of rotatable bonds is 8. The summed E-state index contributed by atoms with van der Waals surface area (Å²) < 4.78 is 12.1. The predicted octanol–water partition coefficient (Wildman–Crippen LogP) is 6.97. The Hall–Kier alpha value is -4.46. The van der Waals surface area contributed by atoms with Crippen LogP contribution in [0.25, 0.3) is 21.2 Å². The van der Waals surface area contributed by atoms with E-state index < -0.39 is 11.9 Å². The van der Waals surface area contributed by atoms with Crippen molar-refractivity contribution in [2.75, 3.05) is 6.61 Å². The number of hydrazone groups is 1. The van der Waals surface area contributed by atoms with Crippen LogP contribution in [-0.4, -0.2) is 24.7 Å². The lowest BCUT2D eigenvalue weighted by molar-refractivity contribution is -0.123. The second kappa shape index (κ2) is 11.7. The molecule has 0 saturated heterocycles. The van der Waals surface area contributed by atoms with Crippen LogP contribution in [0.2, 0.25) is 5.02 Å². The lowest BCUT2D eigenvalue weighted by Crippen LogP contribution is -2.24. The molecule has 0 atom stereocenters. The summed E-state index contributed by atoms with van der Waals surface area (Å²) in [6.45, 7) is -0.205. The van der Waals surface area contributed by atoms with Crippen LogP contribution in [0.4, 0.5) is 0 Å². The van der Waals surface area contributed by atoms with Crippen LogP contribution in [-0.2, 0) is 4.79 Å². The van der Waals surface area contributed by atoms with Crippen LogP contribution in [0.1, 0.15) is 15.2 Å². The second-order valence-electron chi connectivity index (χ2n) is 8.14. The minimum Gasteiger partial charge on any atom is -0.484 e. The maximum atomic E-state index is 12.8. The van der Waals surface area contributed by atoms with E-state index in [1.807, 2.05) is 78.9 Å². The molecule has 0 bridgehead atoms. The summed E-state index contributed by atoms with van der Waals surface area (Å²) in [6.07, 6.45) is 1.40. The van der Waals surface area contributed by atoms with E-state index in [2.05, 4.69) is 10.5 Å². The SMILES string of the molecule is O=C(COc1ccc(-c2ccccc2)cc1)N/N=C\c1ccccc1OC(=O)c1sc2ccccc2c1Cl. The molecule has 0 spiro atoms. The Kier molecular flexibility index (Phi) is 7.78. The largest absolute Gasteiger partial charge is 0.484 e. The Bertz CT molecular complexity index is 1610. The molecular weight excluding hydrogens is 520 g/mol. The number of esters is 1. The number of carbonyl (C=O) groups excluding carboxylic acids is 2. The lowest BCUT2D eigenvalue weighted by atomic mass is 10.1. The first-order valence-corrected chi connectivity index (χ1v) is 12.9. The van der Waals surface area contributed by atoms with Gasteiger partial charge >= 0.3 is 5.97 Å². The summed E-state index contributed by atoms with van der Waals surface area (Å²) in [5.74, 6) is -0.132. The van der Waals surface area contributed by atoms with E-state index in [4.69, 9.17) is 21.1 Å².